The summed E-state index contributed by atoms with van der Waals surface area (Å²) in [6.07, 6.45) is -4.33. The highest BCUT2D eigenvalue weighted by Crippen LogP contribution is 2.20. The first-order chi connectivity index (χ1) is 8.33. The molecule has 0 fully saturated rings. The molecule has 0 aliphatic heterocycles. The topological polar surface area (TPSA) is 37.8 Å². The Labute approximate surface area is 105 Å². The van der Waals surface area contributed by atoms with Crippen molar-refractivity contribution in [2.24, 2.45) is 0 Å². The molecule has 0 atom stereocenters. The van der Waals surface area contributed by atoms with Gasteiger partial charge in [0.25, 0.3) is 0 Å². The zero-order valence-corrected chi connectivity index (χ0v) is 10.9. The predicted molar refractivity (Wildman–Crippen MR) is 63.3 cm³/mol. The van der Waals surface area contributed by atoms with Gasteiger partial charge in [0.1, 0.15) is 12.2 Å². The van der Waals surface area contributed by atoms with Gasteiger partial charge >= 0.3 is 6.18 Å². The molecule has 0 aromatic carbocycles. The van der Waals surface area contributed by atoms with Crippen LogP contribution in [-0.2, 0) is 13.0 Å². The number of nitrogens with zero attached hydrogens (tertiary/aromatic N) is 2. The molecule has 102 valence electrons. The molecule has 1 aromatic heterocycles. The largest absolute Gasteiger partial charge is 0.396 e. The highest BCUT2D eigenvalue weighted by Gasteiger charge is 2.29. The second-order valence-electron chi connectivity index (χ2n) is 4.26. The van der Waals surface area contributed by atoms with E-state index in [2.05, 4.69) is 22.2 Å². The standard InChI is InChI=1S/C12H18F3N3/c1-4-5-16-7-10-8(2)17-11(18-9(10)3)6-12(13,14)15/h16H,4-7H2,1-3H3. The fourth-order valence-electron chi connectivity index (χ4n) is 1.71. The summed E-state index contributed by atoms with van der Waals surface area (Å²) in [5, 5.41) is 3.20. The summed E-state index contributed by atoms with van der Waals surface area (Å²) in [5.41, 5.74) is 2.12. The lowest BCUT2D eigenvalue weighted by Crippen LogP contribution is -2.19. The molecule has 0 aliphatic rings. The van der Waals surface area contributed by atoms with Crippen LogP contribution >= 0.6 is 0 Å². The van der Waals surface area contributed by atoms with Crippen LogP contribution < -0.4 is 5.32 Å². The summed E-state index contributed by atoms with van der Waals surface area (Å²) in [6.45, 7) is 6.95. The molecular weight excluding hydrogens is 243 g/mol. The van der Waals surface area contributed by atoms with Crippen LogP contribution in [0.25, 0.3) is 0 Å². The Morgan fingerprint density at radius 1 is 1.11 bits per heavy atom. The van der Waals surface area contributed by atoms with Gasteiger partial charge in [0.05, 0.1) is 0 Å². The van der Waals surface area contributed by atoms with Crippen molar-refractivity contribution < 1.29 is 13.2 Å². The molecule has 0 saturated heterocycles. The van der Waals surface area contributed by atoms with Crippen LogP contribution in [0.2, 0.25) is 0 Å². The summed E-state index contributed by atoms with van der Waals surface area (Å²) in [6, 6.07) is 0. The van der Waals surface area contributed by atoms with E-state index >= 15 is 0 Å². The smallest absolute Gasteiger partial charge is 0.313 e. The van der Waals surface area contributed by atoms with Crippen molar-refractivity contribution >= 4 is 0 Å². The molecule has 1 heterocycles. The fraction of sp³-hybridized carbons (Fsp3) is 0.667. The quantitative estimate of drug-likeness (QED) is 0.828. The first-order valence-electron chi connectivity index (χ1n) is 5.94. The molecule has 0 bridgehead atoms. The zero-order valence-electron chi connectivity index (χ0n) is 10.9. The molecule has 0 aliphatic carbocycles. The van der Waals surface area contributed by atoms with Crippen molar-refractivity contribution in [2.75, 3.05) is 6.54 Å². The number of aryl methyl sites for hydroxylation is 2. The minimum atomic E-state index is -4.26. The van der Waals surface area contributed by atoms with Gasteiger partial charge in [0.2, 0.25) is 0 Å². The minimum Gasteiger partial charge on any atom is -0.313 e. The molecule has 3 nitrogen and oxygen atoms in total. The monoisotopic (exact) mass is 261 g/mol. The van der Waals surface area contributed by atoms with E-state index in [-0.39, 0.29) is 5.82 Å². The van der Waals surface area contributed by atoms with Crippen LogP contribution in [0.3, 0.4) is 0 Å². The van der Waals surface area contributed by atoms with Crippen molar-refractivity contribution in [3.8, 4) is 0 Å². The van der Waals surface area contributed by atoms with Gasteiger partial charge in [-0.15, -0.1) is 0 Å². The van der Waals surface area contributed by atoms with E-state index in [4.69, 9.17) is 0 Å². The van der Waals surface area contributed by atoms with Gasteiger partial charge in [0, 0.05) is 23.5 Å². The maximum Gasteiger partial charge on any atom is 0.396 e. The van der Waals surface area contributed by atoms with Crippen LogP contribution in [0.15, 0.2) is 0 Å². The summed E-state index contributed by atoms with van der Waals surface area (Å²) in [5.74, 6) is -0.156. The Balaban J connectivity index is 2.84. The maximum absolute atomic E-state index is 12.3. The lowest BCUT2D eigenvalue weighted by Gasteiger charge is -2.12. The minimum absolute atomic E-state index is 0.156. The van der Waals surface area contributed by atoms with Crippen molar-refractivity contribution in [3.63, 3.8) is 0 Å². The van der Waals surface area contributed by atoms with Gasteiger partial charge in [-0.25, -0.2) is 9.97 Å². The van der Waals surface area contributed by atoms with Crippen LogP contribution in [-0.4, -0.2) is 22.7 Å². The number of rotatable bonds is 5. The number of aromatic nitrogens is 2. The molecule has 18 heavy (non-hydrogen) atoms. The lowest BCUT2D eigenvalue weighted by molar-refractivity contribution is -0.128. The second kappa shape index (κ2) is 6.13. The molecule has 1 aromatic rings. The molecule has 0 saturated carbocycles. The Bertz CT molecular complexity index is 379. The average molecular weight is 261 g/mol. The van der Waals surface area contributed by atoms with Gasteiger partial charge in [-0.05, 0) is 26.8 Å². The number of nitrogens with one attached hydrogen (secondary N) is 1. The maximum atomic E-state index is 12.3. The molecule has 0 unspecified atom stereocenters. The average Bonchev–Trinajstić information content (AvgIpc) is 2.19. The van der Waals surface area contributed by atoms with Crippen LogP contribution in [0, 0.1) is 13.8 Å². The molecule has 0 radical (unpaired) electrons. The van der Waals surface area contributed by atoms with Crippen LogP contribution in [0.5, 0.6) is 0 Å². The lowest BCUT2D eigenvalue weighted by atomic mass is 10.1. The van der Waals surface area contributed by atoms with E-state index < -0.39 is 12.6 Å². The van der Waals surface area contributed by atoms with Crippen LogP contribution in [0.4, 0.5) is 13.2 Å². The van der Waals surface area contributed by atoms with E-state index in [1.54, 1.807) is 13.8 Å². The zero-order chi connectivity index (χ0) is 13.8. The summed E-state index contributed by atoms with van der Waals surface area (Å²) in [7, 11) is 0. The first kappa shape index (κ1) is 14.9. The van der Waals surface area contributed by atoms with Gasteiger partial charge in [0.15, 0.2) is 0 Å². The molecule has 1 rings (SSSR count). The van der Waals surface area contributed by atoms with Crippen molar-refractivity contribution in [2.45, 2.75) is 46.3 Å². The second-order valence-corrected chi connectivity index (χ2v) is 4.26. The first-order valence-corrected chi connectivity index (χ1v) is 5.94. The van der Waals surface area contributed by atoms with Gasteiger partial charge < -0.3 is 5.32 Å². The Morgan fingerprint density at radius 2 is 1.67 bits per heavy atom. The molecule has 6 heteroatoms. The molecular formula is C12H18F3N3. The van der Waals surface area contributed by atoms with Crippen molar-refractivity contribution in [3.05, 3.63) is 22.8 Å². The van der Waals surface area contributed by atoms with E-state index in [9.17, 15) is 13.2 Å². The van der Waals surface area contributed by atoms with Crippen LogP contribution in [0.1, 0.15) is 36.1 Å². The van der Waals surface area contributed by atoms with Gasteiger partial charge in [-0.1, -0.05) is 6.92 Å². The Kier molecular flexibility index (Phi) is 5.07. The third kappa shape index (κ3) is 4.60. The van der Waals surface area contributed by atoms with Gasteiger partial charge in [-0.2, -0.15) is 13.2 Å². The summed E-state index contributed by atoms with van der Waals surface area (Å²) < 4.78 is 36.8. The van der Waals surface area contributed by atoms with E-state index in [1.165, 1.54) is 0 Å². The molecule has 0 spiro atoms. The molecule has 1 N–H and O–H groups in total. The highest BCUT2D eigenvalue weighted by molar-refractivity contribution is 5.24. The summed E-state index contributed by atoms with van der Waals surface area (Å²) in [4.78, 5) is 7.85. The fourth-order valence-corrected chi connectivity index (χ4v) is 1.71. The van der Waals surface area contributed by atoms with Crippen molar-refractivity contribution in [1.82, 2.24) is 15.3 Å². The van der Waals surface area contributed by atoms with E-state index in [0.717, 1.165) is 18.5 Å². The molecule has 0 amide bonds. The Morgan fingerprint density at radius 3 is 2.11 bits per heavy atom. The Hall–Kier alpha value is -1.17. The van der Waals surface area contributed by atoms with E-state index in [1.807, 2.05) is 0 Å². The normalized spacial score (nSPS) is 11.9. The highest BCUT2D eigenvalue weighted by atomic mass is 19.4. The third-order valence-electron chi connectivity index (χ3n) is 2.55. The predicted octanol–water partition coefficient (Wildman–Crippen LogP) is 2.70. The van der Waals surface area contributed by atoms with Crippen molar-refractivity contribution in [1.29, 1.82) is 0 Å². The number of hydrogen-bond donors (Lipinski definition) is 1. The van der Waals surface area contributed by atoms with E-state index in [0.29, 0.717) is 17.9 Å². The SMILES string of the molecule is CCCNCc1c(C)nc(CC(F)(F)F)nc1C. The van der Waals surface area contributed by atoms with Gasteiger partial charge in [-0.3, -0.25) is 0 Å². The number of alkyl halides is 3. The third-order valence-corrected chi connectivity index (χ3v) is 2.55. The number of halogens is 3. The number of hydrogen-bond acceptors (Lipinski definition) is 3. The summed E-state index contributed by atoms with van der Waals surface area (Å²) >= 11 is 0.